The fraction of sp³-hybridized carbons (Fsp3) is 0.545. The smallest absolute Gasteiger partial charge is 0.387 e. The Kier molecular flexibility index (Phi) is 3.73. The van der Waals surface area contributed by atoms with Gasteiger partial charge < -0.3 is 15.4 Å². The van der Waals surface area contributed by atoms with Gasteiger partial charge >= 0.3 is 6.61 Å². The maximum absolute atomic E-state index is 12.1. The van der Waals surface area contributed by atoms with Crippen molar-refractivity contribution >= 4 is 5.69 Å². The monoisotopic (exact) mass is 243 g/mol. The molecule has 2 heterocycles. The molecule has 4 nitrogen and oxygen atoms in total. The van der Waals surface area contributed by atoms with E-state index >= 15 is 0 Å². The van der Waals surface area contributed by atoms with Crippen LogP contribution in [0.1, 0.15) is 12.8 Å². The van der Waals surface area contributed by atoms with E-state index in [2.05, 4.69) is 9.72 Å². The van der Waals surface area contributed by atoms with Crippen molar-refractivity contribution in [2.24, 2.45) is 5.73 Å². The summed E-state index contributed by atoms with van der Waals surface area (Å²) in [6, 6.07) is 1.69. The van der Waals surface area contributed by atoms with Gasteiger partial charge in [0.25, 0.3) is 0 Å². The normalized spacial score (nSPS) is 20.7. The lowest BCUT2D eigenvalue weighted by Gasteiger charge is -2.32. The predicted molar refractivity (Wildman–Crippen MR) is 60.3 cm³/mol. The highest BCUT2D eigenvalue weighted by Crippen LogP contribution is 2.23. The van der Waals surface area contributed by atoms with Crippen molar-refractivity contribution in [1.29, 1.82) is 0 Å². The predicted octanol–water partition coefficient (Wildman–Crippen LogP) is 1.61. The van der Waals surface area contributed by atoms with Crippen LogP contribution in [0.25, 0.3) is 0 Å². The van der Waals surface area contributed by atoms with Gasteiger partial charge in [-0.25, -0.2) is 0 Å². The molecule has 0 aromatic carbocycles. The lowest BCUT2D eigenvalue weighted by Crippen LogP contribution is -2.42. The molecule has 0 spiro atoms. The second kappa shape index (κ2) is 5.27. The molecule has 1 aromatic heterocycles. The molecule has 0 bridgehead atoms. The number of hydrogen-bond acceptors (Lipinski definition) is 4. The minimum absolute atomic E-state index is 0.0802. The third kappa shape index (κ3) is 3.26. The first-order valence-corrected chi connectivity index (χ1v) is 5.55. The molecule has 1 aliphatic heterocycles. The molecule has 1 unspecified atom stereocenters. The van der Waals surface area contributed by atoms with Crippen molar-refractivity contribution in [3.63, 3.8) is 0 Å². The van der Waals surface area contributed by atoms with Crippen LogP contribution in [-0.4, -0.2) is 30.7 Å². The summed E-state index contributed by atoms with van der Waals surface area (Å²) in [4.78, 5) is 5.94. The summed E-state index contributed by atoms with van der Waals surface area (Å²) in [5, 5.41) is 0. The van der Waals surface area contributed by atoms with Gasteiger partial charge in [-0.3, -0.25) is 4.98 Å². The Bertz CT molecular complexity index is 375. The molecule has 2 N–H and O–H groups in total. The number of nitrogens with zero attached hydrogens (tertiary/aromatic N) is 2. The van der Waals surface area contributed by atoms with E-state index in [0.717, 1.165) is 31.6 Å². The van der Waals surface area contributed by atoms with E-state index in [1.54, 1.807) is 12.3 Å². The van der Waals surface area contributed by atoms with Crippen molar-refractivity contribution < 1.29 is 13.5 Å². The van der Waals surface area contributed by atoms with Gasteiger partial charge in [0, 0.05) is 25.2 Å². The van der Waals surface area contributed by atoms with Crippen LogP contribution >= 0.6 is 0 Å². The second-order valence-electron chi connectivity index (χ2n) is 4.11. The number of alkyl halides is 2. The van der Waals surface area contributed by atoms with Gasteiger partial charge in [-0.15, -0.1) is 0 Å². The number of nitrogens with two attached hydrogens (primary N) is 1. The van der Waals surface area contributed by atoms with E-state index in [1.165, 1.54) is 6.20 Å². The van der Waals surface area contributed by atoms with Gasteiger partial charge in [-0.1, -0.05) is 0 Å². The standard InChI is InChI=1S/C11H15F2N3O/c12-11(13)17-10-4-9(5-15-6-10)16-3-1-2-8(14)7-16/h4-6,8,11H,1-3,7,14H2. The van der Waals surface area contributed by atoms with Gasteiger partial charge in [0.1, 0.15) is 5.75 Å². The SMILES string of the molecule is NC1CCCN(c2cncc(OC(F)F)c2)C1. The van der Waals surface area contributed by atoms with Crippen molar-refractivity contribution in [2.45, 2.75) is 25.5 Å². The summed E-state index contributed by atoms with van der Waals surface area (Å²) < 4.78 is 28.5. The van der Waals surface area contributed by atoms with Gasteiger partial charge in [0.05, 0.1) is 18.1 Å². The number of aromatic nitrogens is 1. The third-order valence-corrected chi connectivity index (χ3v) is 2.75. The van der Waals surface area contributed by atoms with Crippen LogP contribution in [0.4, 0.5) is 14.5 Å². The molecule has 2 rings (SSSR count). The number of halogens is 2. The first kappa shape index (κ1) is 12.0. The Morgan fingerprint density at radius 3 is 3.00 bits per heavy atom. The van der Waals surface area contributed by atoms with Crippen LogP contribution < -0.4 is 15.4 Å². The van der Waals surface area contributed by atoms with Crippen molar-refractivity contribution in [3.05, 3.63) is 18.5 Å². The van der Waals surface area contributed by atoms with Crippen LogP contribution in [0, 0.1) is 0 Å². The van der Waals surface area contributed by atoms with Crippen molar-refractivity contribution in [1.82, 2.24) is 4.98 Å². The molecule has 6 heteroatoms. The van der Waals surface area contributed by atoms with Gasteiger partial charge in [0.15, 0.2) is 0 Å². The molecule has 1 atom stereocenters. The Morgan fingerprint density at radius 1 is 1.47 bits per heavy atom. The third-order valence-electron chi connectivity index (χ3n) is 2.75. The highest BCUT2D eigenvalue weighted by Gasteiger charge is 2.17. The summed E-state index contributed by atoms with van der Waals surface area (Å²) in [7, 11) is 0. The average molecular weight is 243 g/mol. The molecule has 1 aliphatic rings. The molecule has 0 saturated carbocycles. The molecule has 0 aliphatic carbocycles. The summed E-state index contributed by atoms with van der Waals surface area (Å²) in [6.45, 7) is -1.23. The molecular weight excluding hydrogens is 228 g/mol. The largest absolute Gasteiger partial charge is 0.433 e. The zero-order valence-corrected chi connectivity index (χ0v) is 9.35. The van der Waals surface area contributed by atoms with E-state index in [1.807, 2.05) is 4.90 Å². The highest BCUT2D eigenvalue weighted by molar-refractivity contribution is 5.48. The lowest BCUT2D eigenvalue weighted by atomic mass is 10.1. The Morgan fingerprint density at radius 2 is 2.29 bits per heavy atom. The number of ether oxygens (including phenoxy) is 1. The van der Waals surface area contributed by atoms with E-state index in [4.69, 9.17) is 5.73 Å². The Labute approximate surface area is 98.4 Å². The Balaban J connectivity index is 2.09. The lowest BCUT2D eigenvalue weighted by molar-refractivity contribution is -0.0500. The van der Waals surface area contributed by atoms with E-state index < -0.39 is 6.61 Å². The first-order chi connectivity index (χ1) is 8.15. The van der Waals surface area contributed by atoms with Gasteiger partial charge in [-0.2, -0.15) is 8.78 Å². The quantitative estimate of drug-likeness (QED) is 0.876. The van der Waals surface area contributed by atoms with Crippen molar-refractivity contribution in [3.8, 4) is 5.75 Å². The van der Waals surface area contributed by atoms with Gasteiger partial charge in [0.2, 0.25) is 0 Å². The van der Waals surface area contributed by atoms with Crippen LogP contribution in [0.5, 0.6) is 5.75 Å². The topological polar surface area (TPSA) is 51.4 Å². The molecule has 1 saturated heterocycles. The number of hydrogen-bond donors (Lipinski definition) is 1. The van der Waals surface area contributed by atoms with E-state index in [9.17, 15) is 8.78 Å². The highest BCUT2D eigenvalue weighted by atomic mass is 19.3. The maximum Gasteiger partial charge on any atom is 0.387 e. The maximum atomic E-state index is 12.1. The molecule has 1 aromatic rings. The minimum Gasteiger partial charge on any atom is -0.433 e. The number of rotatable bonds is 3. The Hall–Kier alpha value is -1.43. The fourth-order valence-electron chi connectivity index (χ4n) is 1.99. The number of piperidine rings is 1. The second-order valence-corrected chi connectivity index (χ2v) is 4.11. The van der Waals surface area contributed by atoms with Crippen molar-refractivity contribution in [2.75, 3.05) is 18.0 Å². The molecular formula is C11H15F2N3O. The summed E-state index contributed by atoms with van der Waals surface area (Å²) in [5.41, 5.74) is 6.64. The summed E-state index contributed by atoms with van der Waals surface area (Å²) >= 11 is 0. The van der Waals surface area contributed by atoms with Gasteiger partial charge in [-0.05, 0) is 12.8 Å². The minimum atomic E-state index is -2.82. The average Bonchev–Trinajstić information content (AvgIpc) is 2.28. The zero-order valence-electron chi connectivity index (χ0n) is 9.35. The summed E-state index contributed by atoms with van der Waals surface area (Å²) in [6.07, 6.45) is 4.91. The summed E-state index contributed by atoms with van der Waals surface area (Å²) in [5.74, 6) is 0.0802. The molecule has 1 fully saturated rings. The first-order valence-electron chi connectivity index (χ1n) is 5.55. The van der Waals surface area contributed by atoms with E-state index in [-0.39, 0.29) is 11.8 Å². The fourth-order valence-corrected chi connectivity index (χ4v) is 1.99. The van der Waals surface area contributed by atoms with Crippen LogP contribution in [0.2, 0.25) is 0 Å². The number of pyridine rings is 1. The number of anilines is 1. The molecule has 0 amide bonds. The van der Waals surface area contributed by atoms with Crippen LogP contribution in [0.3, 0.4) is 0 Å². The zero-order chi connectivity index (χ0) is 12.3. The molecule has 0 radical (unpaired) electrons. The molecule has 17 heavy (non-hydrogen) atoms. The molecule has 94 valence electrons. The van der Waals surface area contributed by atoms with Crippen LogP contribution in [0.15, 0.2) is 18.5 Å². The van der Waals surface area contributed by atoms with Crippen LogP contribution in [-0.2, 0) is 0 Å². The van der Waals surface area contributed by atoms with E-state index in [0.29, 0.717) is 0 Å².